The van der Waals surface area contributed by atoms with Gasteiger partial charge in [0.15, 0.2) is 0 Å². The zero-order valence-corrected chi connectivity index (χ0v) is 20.6. The van der Waals surface area contributed by atoms with Gasteiger partial charge in [-0.15, -0.1) is 0 Å². The first-order valence-electron chi connectivity index (χ1n) is 11.4. The van der Waals surface area contributed by atoms with Crippen molar-refractivity contribution in [3.63, 3.8) is 0 Å². The second-order valence-electron chi connectivity index (χ2n) is 8.22. The highest BCUT2D eigenvalue weighted by Crippen LogP contribution is 2.28. The van der Waals surface area contributed by atoms with E-state index in [4.69, 9.17) is 4.74 Å². The van der Waals surface area contributed by atoms with Crippen molar-refractivity contribution in [1.29, 1.82) is 0 Å². The molecule has 0 heterocycles. The molecule has 0 aliphatic carbocycles. The van der Waals surface area contributed by atoms with Crippen LogP contribution in [-0.2, 0) is 14.8 Å². The lowest BCUT2D eigenvalue weighted by Gasteiger charge is -2.26. The van der Waals surface area contributed by atoms with Crippen LogP contribution in [0.25, 0.3) is 10.8 Å². The predicted molar refractivity (Wildman–Crippen MR) is 139 cm³/mol. The van der Waals surface area contributed by atoms with Crippen molar-refractivity contribution in [2.45, 2.75) is 18.7 Å². The molecule has 4 aromatic rings. The summed E-state index contributed by atoms with van der Waals surface area (Å²) < 4.78 is 34.0. The summed E-state index contributed by atoms with van der Waals surface area (Å²) >= 11 is 0. The Kier molecular flexibility index (Phi) is 7.36. The number of sulfonamides is 1. The summed E-state index contributed by atoms with van der Waals surface area (Å²) in [5.74, 6) is 0.327. The van der Waals surface area contributed by atoms with Crippen LogP contribution < -0.4 is 14.4 Å². The van der Waals surface area contributed by atoms with E-state index < -0.39 is 15.9 Å². The van der Waals surface area contributed by atoms with Gasteiger partial charge in [-0.3, -0.25) is 9.10 Å². The number of amides is 1. The molecule has 0 saturated carbocycles. The van der Waals surface area contributed by atoms with E-state index in [0.29, 0.717) is 5.69 Å². The van der Waals surface area contributed by atoms with Gasteiger partial charge in [-0.2, -0.15) is 0 Å². The van der Waals surface area contributed by atoms with E-state index in [-0.39, 0.29) is 24.6 Å². The number of nitrogens with zero attached hydrogens (tertiary/aromatic N) is 1. The van der Waals surface area contributed by atoms with Crippen molar-refractivity contribution in [2.24, 2.45) is 0 Å². The molecule has 0 bridgehead atoms. The van der Waals surface area contributed by atoms with Gasteiger partial charge in [-0.05, 0) is 54.6 Å². The highest BCUT2D eigenvalue weighted by molar-refractivity contribution is 7.92. The van der Waals surface area contributed by atoms with Crippen LogP contribution in [0.5, 0.6) is 5.75 Å². The van der Waals surface area contributed by atoms with E-state index in [9.17, 15) is 13.2 Å². The van der Waals surface area contributed by atoms with Crippen LogP contribution in [-0.4, -0.2) is 34.0 Å². The third-order valence-corrected chi connectivity index (χ3v) is 7.67. The van der Waals surface area contributed by atoms with Gasteiger partial charge in [0.1, 0.15) is 18.9 Å². The molecule has 0 saturated heterocycles. The molecule has 180 valence electrons. The van der Waals surface area contributed by atoms with Crippen LogP contribution in [0.2, 0.25) is 0 Å². The van der Waals surface area contributed by atoms with E-state index in [1.165, 1.54) is 16.4 Å². The Labute approximate surface area is 206 Å². The molecule has 4 aromatic carbocycles. The lowest BCUT2D eigenvalue weighted by atomic mass is 10.1. The number of rotatable bonds is 9. The van der Waals surface area contributed by atoms with Crippen molar-refractivity contribution in [3.05, 3.63) is 102 Å². The first-order chi connectivity index (χ1) is 16.9. The molecule has 0 aliphatic rings. The van der Waals surface area contributed by atoms with E-state index in [0.717, 1.165) is 27.6 Å². The van der Waals surface area contributed by atoms with Gasteiger partial charge >= 0.3 is 0 Å². The molecule has 1 N–H and O–H groups in total. The normalized spacial score (nSPS) is 11.3. The highest BCUT2D eigenvalue weighted by atomic mass is 32.2. The fourth-order valence-corrected chi connectivity index (χ4v) is 5.38. The van der Waals surface area contributed by atoms with Gasteiger partial charge in [0.05, 0.1) is 17.1 Å². The Morgan fingerprint density at radius 2 is 1.54 bits per heavy atom. The molecule has 0 aromatic heterocycles. The summed E-state index contributed by atoms with van der Waals surface area (Å²) in [4.78, 5) is 13.0. The fraction of sp³-hybridized carbons (Fsp3) is 0.179. The van der Waals surface area contributed by atoms with E-state index in [1.807, 2.05) is 62.4 Å². The van der Waals surface area contributed by atoms with Crippen molar-refractivity contribution < 1.29 is 17.9 Å². The Morgan fingerprint density at radius 1 is 0.857 bits per heavy atom. The van der Waals surface area contributed by atoms with Crippen molar-refractivity contribution in [2.75, 3.05) is 24.0 Å². The summed E-state index contributed by atoms with van der Waals surface area (Å²) in [5, 5.41) is 4.86. The number of anilines is 1. The Hall–Kier alpha value is -3.84. The highest BCUT2D eigenvalue weighted by Gasteiger charge is 2.28. The van der Waals surface area contributed by atoms with Gasteiger partial charge in [0, 0.05) is 5.39 Å². The quantitative estimate of drug-likeness (QED) is 0.342. The lowest BCUT2D eigenvalue weighted by molar-refractivity contribution is -0.119. The number of fused-ring (bicyclic) bond motifs is 1. The number of carbonyl (C=O) groups excluding carboxylic acids is 1. The second kappa shape index (κ2) is 10.6. The molecular formula is C28H28N2O4S. The summed E-state index contributed by atoms with van der Waals surface area (Å²) in [6.07, 6.45) is 0. The number of ether oxygens (including phenoxy) is 1. The number of carbonyl (C=O) groups is 1. The maximum absolute atomic E-state index is 13.5. The van der Waals surface area contributed by atoms with E-state index in [2.05, 4.69) is 5.32 Å². The zero-order valence-electron chi connectivity index (χ0n) is 19.8. The molecule has 35 heavy (non-hydrogen) atoms. The van der Waals surface area contributed by atoms with Gasteiger partial charge in [-0.25, -0.2) is 8.42 Å². The topological polar surface area (TPSA) is 75.7 Å². The predicted octanol–water partition coefficient (Wildman–Crippen LogP) is 4.85. The fourth-order valence-electron chi connectivity index (χ4n) is 3.88. The summed E-state index contributed by atoms with van der Waals surface area (Å²) in [5.41, 5.74) is 2.23. The van der Waals surface area contributed by atoms with E-state index in [1.54, 1.807) is 30.3 Å². The SMILES string of the molecule is Cc1cccc(N(CC(=O)NCCOc2cccc3ccccc23)S(=O)(=O)c2ccccc2)c1C. The monoisotopic (exact) mass is 488 g/mol. The maximum Gasteiger partial charge on any atom is 0.264 e. The van der Waals surface area contributed by atoms with Gasteiger partial charge in [0.2, 0.25) is 5.91 Å². The smallest absolute Gasteiger partial charge is 0.264 e. The summed E-state index contributed by atoms with van der Waals surface area (Å²) in [7, 11) is -3.95. The molecule has 7 heteroatoms. The molecule has 4 rings (SSSR count). The van der Waals surface area contributed by atoms with Crippen LogP contribution in [0, 0.1) is 13.8 Å². The standard InChI is InChI=1S/C28H28N2O4S/c1-21-10-8-16-26(22(21)2)30(35(32,33)24-13-4-3-5-14-24)20-28(31)29-18-19-34-27-17-9-12-23-11-6-7-15-25(23)27/h3-17H,18-20H2,1-2H3,(H,29,31). The van der Waals surface area contributed by atoms with Gasteiger partial charge < -0.3 is 10.1 Å². The Bertz CT molecular complexity index is 1430. The van der Waals surface area contributed by atoms with Gasteiger partial charge in [-0.1, -0.05) is 66.7 Å². The van der Waals surface area contributed by atoms with Crippen LogP contribution in [0.1, 0.15) is 11.1 Å². The zero-order chi connectivity index (χ0) is 24.8. The number of aryl methyl sites for hydroxylation is 1. The second-order valence-corrected chi connectivity index (χ2v) is 10.1. The Balaban J connectivity index is 1.47. The number of hydrogen-bond donors (Lipinski definition) is 1. The van der Waals surface area contributed by atoms with Crippen LogP contribution in [0.3, 0.4) is 0 Å². The van der Waals surface area contributed by atoms with E-state index >= 15 is 0 Å². The van der Waals surface area contributed by atoms with Crippen LogP contribution in [0.15, 0.2) is 95.9 Å². The average Bonchev–Trinajstić information content (AvgIpc) is 2.87. The maximum atomic E-state index is 13.5. The number of hydrogen-bond acceptors (Lipinski definition) is 4. The minimum absolute atomic E-state index is 0.132. The minimum Gasteiger partial charge on any atom is -0.491 e. The molecule has 0 atom stereocenters. The number of benzene rings is 4. The third-order valence-electron chi connectivity index (χ3n) is 5.89. The summed E-state index contributed by atoms with van der Waals surface area (Å²) in [6.45, 7) is 3.93. The third kappa shape index (κ3) is 5.46. The molecule has 6 nitrogen and oxygen atoms in total. The molecule has 0 radical (unpaired) electrons. The molecule has 0 spiro atoms. The molecule has 0 unspecified atom stereocenters. The lowest BCUT2D eigenvalue weighted by Crippen LogP contribution is -2.42. The van der Waals surface area contributed by atoms with Gasteiger partial charge in [0.25, 0.3) is 10.0 Å². The van der Waals surface area contributed by atoms with Crippen LogP contribution in [0.4, 0.5) is 5.69 Å². The van der Waals surface area contributed by atoms with Crippen molar-refractivity contribution in [1.82, 2.24) is 5.32 Å². The van der Waals surface area contributed by atoms with Crippen molar-refractivity contribution in [3.8, 4) is 5.75 Å². The Morgan fingerprint density at radius 3 is 2.34 bits per heavy atom. The van der Waals surface area contributed by atoms with Crippen molar-refractivity contribution >= 4 is 32.4 Å². The first-order valence-corrected chi connectivity index (χ1v) is 12.8. The minimum atomic E-state index is -3.95. The van der Waals surface area contributed by atoms with Crippen LogP contribution >= 0.6 is 0 Å². The largest absolute Gasteiger partial charge is 0.491 e. The molecule has 0 fully saturated rings. The number of nitrogens with one attached hydrogen (secondary N) is 1. The molecule has 0 aliphatic heterocycles. The first kappa shape index (κ1) is 24.3. The summed E-state index contributed by atoms with van der Waals surface area (Å²) in [6, 6.07) is 27.3. The molecule has 1 amide bonds. The molecular weight excluding hydrogens is 460 g/mol. The average molecular weight is 489 g/mol.